The Hall–Kier alpha value is -1.63. The number of benzene rings is 1. The van der Waals surface area contributed by atoms with Crippen molar-refractivity contribution < 1.29 is 22.4 Å². The first-order valence-electron chi connectivity index (χ1n) is 6.63. The first-order valence-corrected chi connectivity index (χ1v) is 6.63. The Bertz CT molecular complexity index is 530. The molecule has 0 radical (unpaired) electrons. The predicted octanol–water partition coefficient (Wildman–Crippen LogP) is 2.53. The van der Waals surface area contributed by atoms with E-state index in [1.54, 1.807) is 7.05 Å². The van der Waals surface area contributed by atoms with E-state index in [2.05, 4.69) is 5.32 Å². The molecule has 1 aliphatic heterocycles. The van der Waals surface area contributed by atoms with Crippen LogP contribution < -0.4 is 5.32 Å². The van der Waals surface area contributed by atoms with Crippen molar-refractivity contribution in [3.05, 3.63) is 35.1 Å². The van der Waals surface area contributed by atoms with E-state index >= 15 is 0 Å². The summed E-state index contributed by atoms with van der Waals surface area (Å²) in [6, 6.07) is 1.95. The monoisotopic (exact) mass is 304 g/mol. The van der Waals surface area contributed by atoms with E-state index in [4.69, 9.17) is 0 Å². The number of carbonyl (C=O) groups excluding carboxylic acids is 1. The zero-order valence-electron chi connectivity index (χ0n) is 11.5. The highest BCUT2D eigenvalue weighted by Gasteiger charge is 2.33. The number of hydrogen-bond donors (Lipinski definition) is 1. The third-order valence-corrected chi connectivity index (χ3v) is 3.54. The fourth-order valence-electron chi connectivity index (χ4n) is 2.53. The van der Waals surface area contributed by atoms with Gasteiger partial charge in [-0.05, 0) is 44.1 Å². The van der Waals surface area contributed by atoms with Crippen LogP contribution in [-0.4, -0.2) is 37.5 Å². The first-order chi connectivity index (χ1) is 9.81. The number of nitrogens with zero attached hydrogens (tertiary/aromatic N) is 1. The van der Waals surface area contributed by atoms with Gasteiger partial charge >= 0.3 is 6.18 Å². The molecular weight excluding hydrogens is 288 g/mol. The van der Waals surface area contributed by atoms with Crippen molar-refractivity contribution in [2.45, 2.75) is 12.6 Å². The molecule has 1 saturated heterocycles. The van der Waals surface area contributed by atoms with Crippen LogP contribution in [0.1, 0.15) is 22.3 Å². The average molecular weight is 304 g/mol. The summed E-state index contributed by atoms with van der Waals surface area (Å²) in [6.45, 7) is 1.68. The molecule has 1 aromatic rings. The van der Waals surface area contributed by atoms with Crippen molar-refractivity contribution in [1.29, 1.82) is 0 Å². The number of alkyl halides is 3. The van der Waals surface area contributed by atoms with Gasteiger partial charge in [-0.2, -0.15) is 13.2 Å². The SMILES string of the molecule is CNC[C@@H]1CCN(C(=O)c2cc(F)cc(C(F)(F)F)c2)C1. The third-order valence-electron chi connectivity index (χ3n) is 3.54. The Morgan fingerprint density at radius 3 is 2.71 bits per heavy atom. The quantitative estimate of drug-likeness (QED) is 0.870. The van der Waals surface area contributed by atoms with Crippen molar-refractivity contribution in [2.24, 2.45) is 5.92 Å². The molecule has 0 unspecified atom stereocenters. The number of rotatable bonds is 3. The van der Waals surface area contributed by atoms with Crippen molar-refractivity contribution in [1.82, 2.24) is 10.2 Å². The highest BCUT2D eigenvalue weighted by atomic mass is 19.4. The molecule has 2 rings (SSSR count). The summed E-state index contributed by atoms with van der Waals surface area (Å²) in [5.74, 6) is -1.34. The molecule has 1 aliphatic rings. The minimum absolute atomic E-state index is 0.257. The molecule has 1 N–H and O–H groups in total. The molecule has 7 heteroatoms. The van der Waals surface area contributed by atoms with Gasteiger partial charge in [-0.1, -0.05) is 0 Å². The lowest BCUT2D eigenvalue weighted by Gasteiger charge is -2.17. The molecular formula is C14H16F4N2O. The van der Waals surface area contributed by atoms with E-state index in [1.165, 1.54) is 4.90 Å². The van der Waals surface area contributed by atoms with Gasteiger partial charge in [0.2, 0.25) is 0 Å². The number of carbonyl (C=O) groups is 1. The lowest BCUT2D eigenvalue weighted by molar-refractivity contribution is -0.137. The summed E-state index contributed by atoms with van der Waals surface area (Å²) in [5, 5.41) is 3.00. The summed E-state index contributed by atoms with van der Waals surface area (Å²) in [7, 11) is 1.80. The Balaban J connectivity index is 2.18. The molecule has 0 bridgehead atoms. The number of nitrogens with one attached hydrogen (secondary N) is 1. The summed E-state index contributed by atoms with van der Waals surface area (Å²) < 4.78 is 51.3. The molecule has 1 aromatic carbocycles. The fourth-order valence-corrected chi connectivity index (χ4v) is 2.53. The second-order valence-electron chi connectivity index (χ2n) is 5.19. The van der Waals surface area contributed by atoms with E-state index in [0.717, 1.165) is 19.0 Å². The van der Waals surface area contributed by atoms with E-state index in [-0.39, 0.29) is 11.5 Å². The van der Waals surface area contributed by atoms with Crippen LogP contribution in [-0.2, 0) is 6.18 Å². The highest BCUT2D eigenvalue weighted by Crippen LogP contribution is 2.31. The molecule has 1 heterocycles. The zero-order chi connectivity index (χ0) is 15.6. The molecule has 1 fully saturated rings. The molecule has 0 aromatic heterocycles. The lowest BCUT2D eigenvalue weighted by Crippen LogP contribution is -2.30. The zero-order valence-corrected chi connectivity index (χ0v) is 11.5. The first kappa shape index (κ1) is 15.8. The summed E-state index contributed by atoms with van der Waals surface area (Å²) in [6.07, 6.45) is -3.88. The topological polar surface area (TPSA) is 32.3 Å². The number of halogens is 4. The van der Waals surface area contributed by atoms with Crippen LogP contribution in [0.2, 0.25) is 0 Å². The molecule has 116 valence electrons. The van der Waals surface area contributed by atoms with Crippen molar-refractivity contribution >= 4 is 5.91 Å². The second kappa shape index (κ2) is 6.01. The summed E-state index contributed by atoms with van der Waals surface area (Å²) in [5.41, 5.74) is -1.40. The van der Waals surface area contributed by atoms with Gasteiger partial charge in [0.25, 0.3) is 5.91 Å². The maximum atomic E-state index is 13.3. The number of amides is 1. The van der Waals surface area contributed by atoms with Gasteiger partial charge in [0.1, 0.15) is 5.82 Å². The smallest absolute Gasteiger partial charge is 0.338 e. The van der Waals surface area contributed by atoms with Gasteiger partial charge in [0.05, 0.1) is 5.56 Å². The third kappa shape index (κ3) is 3.72. The Kier molecular flexibility index (Phi) is 4.51. The van der Waals surface area contributed by atoms with Crippen LogP contribution >= 0.6 is 0 Å². The minimum Gasteiger partial charge on any atom is -0.338 e. The van der Waals surface area contributed by atoms with Crippen LogP contribution in [0, 0.1) is 11.7 Å². The van der Waals surface area contributed by atoms with E-state index < -0.39 is 23.5 Å². The van der Waals surface area contributed by atoms with Crippen molar-refractivity contribution in [3.8, 4) is 0 Å². The molecule has 0 aliphatic carbocycles. The highest BCUT2D eigenvalue weighted by molar-refractivity contribution is 5.94. The number of hydrogen-bond acceptors (Lipinski definition) is 2. The fraction of sp³-hybridized carbons (Fsp3) is 0.500. The van der Waals surface area contributed by atoms with Gasteiger partial charge < -0.3 is 10.2 Å². The van der Waals surface area contributed by atoms with Gasteiger partial charge in [-0.3, -0.25) is 4.79 Å². The molecule has 1 atom stereocenters. The maximum absolute atomic E-state index is 13.3. The predicted molar refractivity (Wildman–Crippen MR) is 69.3 cm³/mol. The lowest BCUT2D eigenvalue weighted by atomic mass is 10.1. The molecule has 0 saturated carbocycles. The second-order valence-corrected chi connectivity index (χ2v) is 5.19. The van der Waals surface area contributed by atoms with Gasteiger partial charge in [-0.15, -0.1) is 0 Å². The molecule has 1 amide bonds. The van der Waals surface area contributed by atoms with E-state index in [0.29, 0.717) is 25.2 Å². The standard InChI is InChI=1S/C14H16F4N2O/c1-19-7-9-2-3-20(8-9)13(21)10-4-11(14(16,17)18)6-12(15)5-10/h4-6,9,19H,2-3,7-8H2,1H3/t9-/m0/s1. The van der Waals surface area contributed by atoms with E-state index in [1.807, 2.05) is 0 Å². The summed E-state index contributed by atoms with van der Waals surface area (Å²) >= 11 is 0. The van der Waals surface area contributed by atoms with E-state index in [9.17, 15) is 22.4 Å². The van der Waals surface area contributed by atoms with Crippen LogP contribution in [0.25, 0.3) is 0 Å². The largest absolute Gasteiger partial charge is 0.416 e. The Morgan fingerprint density at radius 1 is 1.38 bits per heavy atom. The summed E-state index contributed by atoms with van der Waals surface area (Å²) in [4.78, 5) is 13.7. The van der Waals surface area contributed by atoms with Gasteiger partial charge in [-0.25, -0.2) is 4.39 Å². The van der Waals surface area contributed by atoms with Crippen LogP contribution in [0.3, 0.4) is 0 Å². The van der Waals surface area contributed by atoms with Crippen LogP contribution in [0.4, 0.5) is 17.6 Å². The molecule has 3 nitrogen and oxygen atoms in total. The molecule has 0 spiro atoms. The van der Waals surface area contributed by atoms with Crippen molar-refractivity contribution in [2.75, 3.05) is 26.7 Å². The van der Waals surface area contributed by atoms with Crippen LogP contribution in [0.15, 0.2) is 18.2 Å². The van der Waals surface area contributed by atoms with Gasteiger partial charge in [0.15, 0.2) is 0 Å². The Labute approximate surface area is 119 Å². The van der Waals surface area contributed by atoms with Crippen LogP contribution in [0.5, 0.6) is 0 Å². The minimum atomic E-state index is -4.67. The Morgan fingerprint density at radius 2 is 2.10 bits per heavy atom. The maximum Gasteiger partial charge on any atom is 0.416 e. The van der Waals surface area contributed by atoms with Gasteiger partial charge in [0, 0.05) is 18.7 Å². The molecule has 21 heavy (non-hydrogen) atoms. The van der Waals surface area contributed by atoms with Crippen molar-refractivity contribution in [3.63, 3.8) is 0 Å². The average Bonchev–Trinajstić information content (AvgIpc) is 2.85. The normalized spacial score (nSPS) is 19.1. The number of likely N-dealkylation sites (tertiary alicyclic amines) is 1.